The monoisotopic (exact) mass is 217 g/mol. The van der Waals surface area contributed by atoms with E-state index in [9.17, 15) is 0 Å². The molecule has 2 rings (SSSR count). The first-order chi connectivity index (χ1) is 7.31. The van der Waals surface area contributed by atoms with Crippen molar-refractivity contribution < 1.29 is 0 Å². The molecule has 0 aliphatic carbocycles. The van der Waals surface area contributed by atoms with Crippen molar-refractivity contribution in [3.05, 3.63) is 41.8 Å². The molecule has 0 bridgehead atoms. The largest absolute Gasteiger partial charge is 0.380 e. The van der Waals surface area contributed by atoms with E-state index >= 15 is 0 Å². The van der Waals surface area contributed by atoms with Crippen LogP contribution < -0.4 is 5.32 Å². The molecule has 2 heteroatoms. The van der Waals surface area contributed by atoms with Crippen LogP contribution in [0.4, 0.5) is 5.69 Å². The van der Waals surface area contributed by atoms with E-state index in [1.807, 2.05) is 0 Å². The van der Waals surface area contributed by atoms with Crippen LogP contribution in [0.15, 0.2) is 41.8 Å². The molecule has 0 saturated heterocycles. The second kappa shape index (κ2) is 4.49. The minimum atomic E-state index is 0.869. The summed E-state index contributed by atoms with van der Waals surface area (Å²) in [5.74, 6) is 0. The third-order valence-corrected chi connectivity index (χ3v) is 3.47. The first-order valence-electron chi connectivity index (χ1n) is 5.18. The van der Waals surface area contributed by atoms with Gasteiger partial charge >= 0.3 is 0 Å². The highest BCUT2D eigenvalue weighted by atomic mass is 32.1. The smallest absolute Gasteiger partial charge is 0.0574 e. The van der Waals surface area contributed by atoms with Crippen molar-refractivity contribution in [1.29, 1.82) is 0 Å². The molecular formula is C13H15NS. The van der Waals surface area contributed by atoms with Crippen LogP contribution in [0.2, 0.25) is 0 Å². The van der Waals surface area contributed by atoms with E-state index in [0.717, 1.165) is 13.0 Å². The van der Waals surface area contributed by atoms with E-state index in [1.54, 1.807) is 11.3 Å². The summed E-state index contributed by atoms with van der Waals surface area (Å²) >= 11 is 1.78. The van der Waals surface area contributed by atoms with Crippen LogP contribution in [0, 0.1) is 0 Å². The molecule has 0 fully saturated rings. The molecule has 1 nitrogen and oxygen atoms in total. The average Bonchev–Trinajstić information content (AvgIpc) is 2.74. The molecule has 0 aliphatic rings. The van der Waals surface area contributed by atoms with Gasteiger partial charge in [0.15, 0.2) is 0 Å². The van der Waals surface area contributed by atoms with Gasteiger partial charge in [-0.25, -0.2) is 0 Å². The maximum absolute atomic E-state index is 4.00. The third-order valence-electron chi connectivity index (χ3n) is 2.51. The number of anilines is 1. The summed E-state index contributed by atoms with van der Waals surface area (Å²) < 4.78 is 1.33. The molecule has 0 radical (unpaired) electrons. The molecule has 0 atom stereocenters. The Morgan fingerprint density at radius 3 is 3.07 bits per heavy atom. The second-order valence-electron chi connectivity index (χ2n) is 3.60. The molecule has 0 saturated carbocycles. The summed E-state index contributed by atoms with van der Waals surface area (Å²) in [5, 5.41) is 6.88. The van der Waals surface area contributed by atoms with Crippen molar-refractivity contribution in [2.75, 3.05) is 11.9 Å². The van der Waals surface area contributed by atoms with E-state index in [0.29, 0.717) is 0 Å². The Hall–Kier alpha value is -1.28. The van der Waals surface area contributed by atoms with Gasteiger partial charge in [0.25, 0.3) is 0 Å². The number of thiophene rings is 1. The quantitative estimate of drug-likeness (QED) is 0.754. The second-order valence-corrected chi connectivity index (χ2v) is 4.52. The van der Waals surface area contributed by atoms with Crippen LogP contribution in [0.25, 0.3) is 10.1 Å². The van der Waals surface area contributed by atoms with Crippen molar-refractivity contribution in [2.24, 2.45) is 0 Å². The first-order valence-corrected chi connectivity index (χ1v) is 6.06. The molecule has 0 unspecified atom stereocenters. The normalized spacial score (nSPS) is 10.5. The van der Waals surface area contributed by atoms with E-state index in [4.69, 9.17) is 0 Å². The molecule has 0 aliphatic heterocycles. The Morgan fingerprint density at radius 1 is 1.40 bits per heavy atom. The summed E-state index contributed by atoms with van der Waals surface area (Å²) in [5.41, 5.74) is 2.46. The fourth-order valence-corrected chi connectivity index (χ4v) is 2.37. The van der Waals surface area contributed by atoms with Crippen LogP contribution in [0.3, 0.4) is 0 Å². The average molecular weight is 217 g/mol. The van der Waals surface area contributed by atoms with Gasteiger partial charge in [0.05, 0.1) is 10.4 Å². The molecule has 0 amide bonds. The number of hydrogen-bond donors (Lipinski definition) is 1. The lowest BCUT2D eigenvalue weighted by molar-refractivity contribution is 1.05. The lowest BCUT2D eigenvalue weighted by Gasteiger charge is -2.08. The molecular weight excluding hydrogens is 202 g/mol. The number of hydrogen-bond acceptors (Lipinski definition) is 2. The predicted octanol–water partition coefficient (Wildman–Crippen LogP) is 4.28. The van der Waals surface area contributed by atoms with Gasteiger partial charge in [-0.1, -0.05) is 31.2 Å². The number of fused-ring (bicyclic) bond motifs is 1. The van der Waals surface area contributed by atoms with Crippen molar-refractivity contribution in [1.82, 2.24) is 0 Å². The van der Waals surface area contributed by atoms with Crippen LogP contribution in [-0.2, 0) is 0 Å². The van der Waals surface area contributed by atoms with Gasteiger partial charge in [0, 0.05) is 6.54 Å². The van der Waals surface area contributed by atoms with E-state index in [2.05, 4.69) is 48.5 Å². The summed E-state index contributed by atoms with van der Waals surface area (Å²) in [6.45, 7) is 7.00. The van der Waals surface area contributed by atoms with Crippen LogP contribution in [0.1, 0.15) is 13.3 Å². The Balaban J connectivity index is 2.20. The summed E-state index contributed by atoms with van der Waals surface area (Å²) in [6, 6.07) is 8.51. The Labute approximate surface area is 94.4 Å². The van der Waals surface area contributed by atoms with Gasteiger partial charge in [0.1, 0.15) is 0 Å². The SMILES string of the molecule is C=C(CC)CNc1cccc2ccsc12. The Bertz CT molecular complexity index is 470. The summed E-state index contributed by atoms with van der Waals surface area (Å²) in [7, 11) is 0. The van der Waals surface area contributed by atoms with Crippen molar-refractivity contribution >= 4 is 27.1 Å². The van der Waals surface area contributed by atoms with E-state index in [-0.39, 0.29) is 0 Å². The Kier molecular flexibility index (Phi) is 3.07. The lowest BCUT2D eigenvalue weighted by atomic mass is 10.2. The van der Waals surface area contributed by atoms with E-state index in [1.165, 1.54) is 21.3 Å². The maximum atomic E-state index is 4.00. The molecule has 1 N–H and O–H groups in total. The molecule has 1 aromatic carbocycles. The van der Waals surface area contributed by atoms with Crippen LogP contribution >= 0.6 is 11.3 Å². The zero-order valence-corrected chi connectivity index (χ0v) is 9.73. The highest BCUT2D eigenvalue weighted by Crippen LogP contribution is 2.28. The zero-order valence-electron chi connectivity index (χ0n) is 8.92. The molecule has 15 heavy (non-hydrogen) atoms. The van der Waals surface area contributed by atoms with E-state index < -0.39 is 0 Å². The fourth-order valence-electron chi connectivity index (χ4n) is 1.48. The lowest BCUT2D eigenvalue weighted by Crippen LogP contribution is -2.03. The van der Waals surface area contributed by atoms with Crippen molar-refractivity contribution in [3.63, 3.8) is 0 Å². The predicted molar refractivity (Wildman–Crippen MR) is 69.7 cm³/mol. The topological polar surface area (TPSA) is 12.0 Å². The highest BCUT2D eigenvalue weighted by molar-refractivity contribution is 7.17. The first kappa shape index (κ1) is 10.2. The minimum Gasteiger partial charge on any atom is -0.380 e. The summed E-state index contributed by atoms with van der Waals surface area (Å²) in [4.78, 5) is 0. The maximum Gasteiger partial charge on any atom is 0.0574 e. The summed E-state index contributed by atoms with van der Waals surface area (Å²) in [6.07, 6.45) is 1.04. The molecule has 1 heterocycles. The van der Waals surface area contributed by atoms with Gasteiger partial charge in [-0.05, 0) is 29.3 Å². The Morgan fingerprint density at radius 2 is 2.27 bits per heavy atom. The minimum absolute atomic E-state index is 0.869. The molecule has 1 aromatic heterocycles. The van der Waals surface area contributed by atoms with Gasteiger partial charge in [-0.2, -0.15) is 0 Å². The standard InChI is InChI=1S/C13H15NS/c1-3-10(2)9-14-12-6-4-5-11-7-8-15-13(11)12/h4-8,14H,2-3,9H2,1H3. The third kappa shape index (κ3) is 2.21. The zero-order chi connectivity index (χ0) is 10.7. The number of nitrogens with one attached hydrogen (secondary N) is 1. The van der Waals surface area contributed by atoms with Gasteiger partial charge < -0.3 is 5.32 Å². The molecule has 78 valence electrons. The van der Waals surface area contributed by atoms with Crippen LogP contribution in [0.5, 0.6) is 0 Å². The molecule has 2 aromatic rings. The van der Waals surface area contributed by atoms with Crippen molar-refractivity contribution in [2.45, 2.75) is 13.3 Å². The van der Waals surface area contributed by atoms with Crippen LogP contribution in [-0.4, -0.2) is 6.54 Å². The van der Waals surface area contributed by atoms with Crippen molar-refractivity contribution in [3.8, 4) is 0 Å². The van der Waals surface area contributed by atoms with Gasteiger partial charge in [-0.3, -0.25) is 0 Å². The fraction of sp³-hybridized carbons (Fsp3) is 0.231. The molecule has 0 spiro atoms. The van der Waals surface area contributed by atoms with Gasteiger partial charge in [-0.15, -0.1) is 11.3 Å². The number of benzene rings is 1. The van der Waals surface area contributed by atoms with Gasteiger partial charge in [0.2, 0.25) is 0 Å². The number of rotatable bonds is 4. The highest BCUT2D eigenvalue weighted by Gasteiger charge is 2.01.